The van der Waals surface area contributed by atoms with Gasteiger partial charge in [-0.2, -0.15) is 0 Å². The van der Waals surface area contributed by atoms with Gasteiger partial charge in [0.15, 0.2) is 5.79 Å². The highest BCUT2D eigenvalue weighted by atomic mass is 16.7. The third-order valence-electron chi connectivity index (χ3n) is 3.41. The van der Waals surface area contributed by atoms with E-state index in [4.69, 9.17) is 9.47 Å². The first-order valence-electron chi connectivity index (χ1n) is 5.18. The first-order valence-corrected chi connectivity index (χ1v) is 5.18. The minimum absolute atomic E-state index is 0.332. The van der Waals surface area contributed by atoms with E-state index in [1.54, 1.807) is 0 Å². The molecule has 0 unspecified atom stereocenters. The minimum atomic E-state index is -0.458. The number of hydrogen-bond donors (Lipinski definition) is 1. The van der Waals surface area contributed by atoms with Crippen molar-refractivity contribution >= 4 is 0 Å². The Labute approximate surface area is 79.0 Å². The van der Waals surface area contributed by atoms with Crippen LogP contribution in [-0.4, -0.2) is 29.7 Å². The van der Waals surface area contributed by atoms with Crippen LogP contribution in [0.25, 0.3) is 0 Å². The molecule has 2 rings (SSSR count). The minimum Gasteiger partial charge on any atom is -0.390 e. The van der Waals surface area contributed by atoms with Gasteiger partial charge in [-0.15, -0.1) is 0 Å². The maximum absolute atomic E-state index is 10.0. The first kappa shape index (κ1) is 9.44. The number of hydrogen-bond acceptors (Lipinski definition) is 3. The van der Waals surface area contributed by atoms with E-state index in [9.17, 15) is 5.11 Å². The second-order valence-corrected chi connectivity index (χ2v) is 4.19. The van der Waals surface area contributed by atoms with Crippen LogP contribution in [0.4, 0.5) is 0 Å². The van der Waals surface area contributed by atoms with E-state index in [2.05, 4.69) is 0 Å². The summed E-state index contributed by atoms with van der Waals surface area (Å²) in [7, 11) is 0. The largest absolute Gasteiger partial charge is 0.390 e. The van der Waals surface area contributed by atoms with Crippen molar-refractivity contribution in [1.29, 1.82) is 0 Å². The van der Waals surface area contributed by atoms with Crippen LogP contribution in [0.5, 0.6) is 0 Å². The number of aliphatic hydroxyl groups is 1. The van der Waals surface area contributed by atoms with E-state index in [-0.39, 0.29) is 5.79 Å². The zero-order valence-corrected chi connectivity index (χ0v) is 8.21. The zero-order chi connectivity index (χ0) is 9.36. The third kappa shape index (κ3) is 1.73. The summed E-state index contributed by atoms with van der Waals surface area (Å²) in [5.74, 6) is -0.332. The van der Waals surface area contributed by atoms with Crippen molar-refractivity contribution in [2.24, 2.45) is 0 Å². The molecule has 76 valence electrons. The van der Waals surface area contributed by atoms with Crippen molar-refractivity contribution in [2.75, 3.05) is 13.2 Å². The fourth-order valence-electron chi connectivity index (χ4n) is 2.24. The molecule has 2 fully saturated rings. The van der Waals surface area contributed by atoms with Crippen molar-refractivity contribution in [1.82, 2.24) is 0 Å². The van der Waals surface area contributed by atoms with E-state index >= 15 is 0 Å². The van der Waals surface area contributed by atoms with E-state index < -0.39 is 5.60 Å². The molecule has 0 aromatic rings. The van der Waals surface area contributed by atoms with Crippen LogP contribution < -0.4 is 0 Å². The fraction of sp³-hybridized carbons (Fsp3) is 1.00. The summed E-state index contributed by atoms with van der Waals surface area (Å²) in [6, 6.07) is 0. The van der Waals surface area contributed by atoms with Crippen LogP contribution in [-0.2, 0) is 9.47 Å². The monoisotopic (exact) mass is 186 g/mol. The Bertz CT molecular complexity index is 175. The van der Waals surface area contributed by atoms with Crippen LogP contribution >= 0.6 is 0 Å². The molecule has 0 aromatic carbocycles. The van der Waals surface area contributed by atoms with E-state index in [0.29, 0.717) is 13.2 Å². The summed E-state index contributed by atoms with van der Waals surface area (Å²) in [6.45, 7) is 3.46. The maximum Gasteiger partial charge on any atom is 0.168 e. The smallest absolute Gasteiger partial charge is 0.168 e. The number of ether oxygens (including phenoxy) is 2. The molecule has 3 nitrogen and oxygen atoms in total. The first-order chi connectivity index (χ1) is 6.18. The van der Waals surface area contributed by atoms with E-state index in [0.717, 1.165) is 32.1 Å². The second-order valence-electron chi connectivity index (χ2n) is 4.19. The van der Waals surface area contributed by atoms with Gasteiger partial charge in [0.25, 0.3) is 0 Å². The summed E-state index contributed by atoms with van der Waals surface area (Å²) in [5, 5.41) is 10.0. The summed E-state index contributed by atoms with van der Waals surface area (Å²) < 4.78 is 11.2. The van der Waals surface area contributed by atoms with Gasteiger partial charge in [-0.1, -0.05) is 6.92 Å². The molecular formula is C10H18O3. The van der Waals surface area contributed by atoms with Gasteiger partial charge in [0.1, 0.15) is 0 Å². The van der Waals surface area contributed by atoms with Gasteiger partial charge < -0.3 is 14.6 Å². The molecule has 2 aliphatic rings. The molecule has 1 aliphatic carbocycles. The van der Waals surface area contributed by atoms with Crippen molar-refractivity contribution in [3.63, 3.8) is 0 Å². The quantitative estimate of drug-likeness (QED) is 0.673. The molecule has 0 atom stereocenters. The van der Waals surface area contributed by atoms with Crippen molar-refractivity contribution in [3.05, 3.63) is 0 Å². The molecule has 1 heterocycles. The molecule has 0 aromatic heterocycles. The SMILES string of the molecule is CCC1(O)CCC2(CC1)OCCO2. The fourth-order valence-corrected chi connectivity index (χ4v) is 2.24. The Kier molecular flexibility index (Phi) is 2.34. The molecule has 1 saturated carbocycles. The van der Waals surface area contributed by atoms with Gasteiger partial charge in [0, 0.05) is 12.8 Å². The summed E-state index contributed by atoms with van der Waals surface area (Å²) >= 11 is 0. The van der Waals surface area contributed by atoms with Gasteiger partial charge in [0.2, 0.25) is 0 Å². The van der Waals surface area contributed by atoms with Gasteiger partial charge >= 0.3 is 0 Å². The van der Waals surface area contributed by atoms with Crippen LogP contribution in [0, 0.1) is 0 Å². The zero-order valence-electron chi connectivity index (χ0n) is 8.21. The molecule has 13 heavy (non-hydrogen) atoms. The molecule has 1 spiro atoms. The lowest BCUT2D eigenvalue weighted by Gasteiger charge is -2.40. The molecule has 1 aliphatic heterocycles. The maximum atomic E-state index is 10.0. The van der Waals surface area contributed by atoms with Crippen molar-refractivity contribution in [2.45, 2.75) is 50.4 Å². The topological polar surface area (TPSA) is 38.7 Å². The Morgan fingerprint density at radius 1 is 1.08 bits per heavy atom. The third-order valence-corrected chi connectivity index (χ3v) is 3.41. The molecule has 1 saturated heterocycles. The van der Waals surface area contributed by atoms with Crippen molar-refractivity contribution < 1.29 is 14.6 Å². The predicted octanol–water partition coefficient (Wildman–Crippen LogP) is 1.44. The molecular weight excluding hydrogens is 168 g/mol. The molecule has 3 heteroatoms. The Balaban J connectivity index is 1.95. The van der Waals surface area contributed by atoms with E-state index in [1.165, 1.54) is 0 Å². The molecule has 1 N–H and O–H groups in total. The Morgan fingerprint density at radius 3 is 2.08 bits per heavy atom. The normalized spacial score (nSPS) is 30.9. The lowest BCUT2D eigenvalue weighted by molar-refractivity contribution is -0.202. The van der Waals surface area contributed by atoms with Crippen LogP contribution in [0.15, 0.2) is 0 Å². The van der Waals surface area contributed by atoms with Crippen molar-refractivity contribution in [3.8, 4) is 0 Å². The highest BCUT2D eigenvalue weighted by Gasteiger charge is 2.44. The molecule has 0 bridgehead atoms. The average molecular weight is 186 g/mol. The van der Waals surface area contributed by atoms with Gasteiger partial charge in [-0.3, -0.25) is 0 Å². The highest BCUT2D eigenvalue weighted by Crippen LogP contribution is 2.41. The Hall–Kier alpha value is -0.120. The second kappa shape index (κ2) is 3.23. The Morgan fingerprint density at radius 2 is 1.62 bits per heavy atom. The van der Waals surface area contributed by atoms with Crippen LogP contribution in [0.2, 0.25) is 0 Å². The van der Waals surface area contributed by atoms with Gasteiger partial charge in [-0.05, 0) is 19.3 Å². The average Bonchev–Trinajstić information content (AvgIpc) is 2.61. The van der Waals surface area contributed by atoms with Crippen LogP contribution in [0.1, 0.15) is 39.0 Å². The summed E-state index contributed by atoms with van der Waals surface area (Å²) in [5.41, 5.74) is -0.458. The number of rotatable bonds is 1. The molecule has 0 amide bonds. The highest BCUT2D eigenvalue weighted by molar-refractivity contribution is 4.90. The van der Waals surface area contributed by atoms with E-state index in [1.807, 2.05) is 6.92 Å². The molecule has 0 radical (unpaired) electrons. The lowest BCUT2D eigenvalue weighted by atomic mass is 9.80. The lowest BCUT2D eigenvalue weighted by Crippen LogP contribution is -2.43. The van der Waals surface area contributed by atoms with Crippen LogP contribution in [0.3, 0.4) is 0 Å². The summed E-state index contributed by atoms with van der Waals surface area (Å²) in [4.78, 5) is 0. The van der Waals surface area contributed by atoms with Gasteiger partial charge in [0.05, 0.1) is 18.8 Å². The predicted molar refractivity (Wildman–Crippen MR) is 48.3 cm³/mol. The van der Waals surface area contributed by atoms with Gasteiger partial charge in [-0.25, -0.2) is 0 Å². The standard InChI is InChI=1S/C10H18O3/c1-2-9(11)3-5-10(6-4-9)12-7-8-13-10/h11H,2-8H2,1H3. The summed E-state index contributed by atoms with van der Waals surface area (Å²) in [6.07, 6.45) is 4.14.